The van der Waals surface area contributed by atoms with Crippen LogP contribution in [0.2, 0.25) is 0 Å². The topological polar surface area (TPSA) is 63.5 Å². The number of Topliss-reactive ketones (excluding diaryl/α,β-unsaturated/α-hetero) is 1. The minimum Gasteiger partial charge on any atom is -0.326 e. The Kier molecular flexibility index (Phi) is 4.08. The molecule has 0 aliphatic heterocycles. The number of benzene rings is 1. The van der Waals surface area contributed by atoms with Gasteiger partial charge in [0.15, 0.2) is 4.96 Å². The fourth-order valence-corrected chi connectivity index (χ4v) is 5.23. The van der Waals surface area contributed by atoms with E-state index in [1.54, 1.807) is 11.3 Å². The number of hydrogen-bond donors (Lipinski definition) is 1. The largest absolute Gasteiger partial charge is 0.326 e. The number of amides is 1. The highest BCUT2D eigenvalue weighted by Gasteiger charge is 2.41. The van der Waals surface area contributed by atoms with Crippen LogP contribution in [0.1, 0.15) is 32.1 Å². The van der Waals surface area contributed by atoms with E-state index < -0.39 is 0 Å². The van der Waals surface area contributed by atoms with E-state index in [0.717, 1.165) is 41.2 Å². The molecular formula is C21H21N3O2S. The van der Waals surface area contributed by atoms with Gasteiger partial charge in [-0.25, -0.2) is 4.98 Å². The lowest BCUT2D eigenvalue weighted by molar-refractivity contribution is -0.136. The molecule has 2 heterocycles. The van der Waals surface area contributed by atoms with Gasteiger partial charge in [-0.15, -0.1) is 11.3 Å². The van der Waals surface area contributed by atoms with Crippen molar-refractivity contribution < 1.29 is 9.59 Å². The van der Waals surface area contributed by atoms with E-state index in [4.69, 9.17) is 0 Å². The third-order valence-corrected chi connectivity index (χ3v) is 6.73. The molecule has 0 unspecified atom stereocenters. The second-order valence-corrected chi connectivity index (χ2v) is 8.55. The number of thiazole rings is 1. The number of fused-ring (bicyclic) bond motifs is 3. The molecule has 1 amide bonds. The number of ketones is 1. The van der Waals surface area contributed by atoms with Crippen molar-refractivity contribution in [3.63, 3.8) is 0 Å². The minimum absolute atomic E-state index is 0.0439. The lowest BCUT2D eigenvalue weighted by Crippen LogP contribution is -2.40. The molecule has 0 spiro atoms. The van der Waals surface area contributed by atoms with Gasteiger partial charge in [-0.2, -0.15) is 0 Å². The molecule has 138 valence electrons. The molecule has 0 saturated heterocycles. The number of carbonyl (C=O) groups excluding carboxylic acids is 2. The van der Waals surface area contributed by atoms with Gasteiger partial charge in [-0.05, 0) is 37.8 Å². The van der Waals surface area contributed by atoms with Gasteiger partial charge in [0.25, 0.3) is 0 Å². The molecule has 5 rings (SSSR count). The van der Waals surface area contributed by atoms with Gasteiger partial charge >= 0.3 is 0 Å². The van der Waals surface area contributed by atoms with Gasteiger partial charge in [-0.3, -0.25) is 14.0 Å². The Morgan fingerprint density at radius 3 is 2.59 bits per heavy atom. The molecule has 6 heteroatoms. The Hall–Kier alpha value is -2.47. The second kappa shape index (κ2) is 6.60. The van der Waals surface area contributed by atoms with Crippen LogP contribution in [0.4, 0.5) is 5.69 Å². The molecule has 27 heavy (non-hydrogen) atoms. The first kappa shape index (κ1) is 16.7. The van der Waals surface area contributed by atoms with E-state index in [1.807, 2.05) is 46.4 Å². The summed E-state index contributed by atoms with van der Waals surface area (Å²) < 4.78 is 2.01. The van der Waals surface area contributed by atoms with Gasteiger partial charge in [0.2, 0.25) is 5.91 Å². The van der Waals surface area contributed by atoms with E-state index in [1.165, 1.54) is 0 Å². The number of nitrogens with zero attached hydrogens (tertiary/aromatic N) is 2. The SMILES string of the molecule is O=C(Nc1ccc(-c2cn3ccsc3n2)cc1)C1C[C@@H]2CCC[C@@H](C1)C2=O. The highest BCUT2D eigenvalue weighted by Crippen LogP contribution is 2.40. The van der Waals surface area contributed by atoms with Crippen LogP contribution in [0, 0.1) is 17.8 Å². The summed E-state index contributed by atoms with van der Waals surface area (Å²) in [6, 6.07) is 7.83. The van der Waals surface area contributed by atoms with Crippen molar-refractivity contribution in [2.24, 2.45) is 17.8 Å². The molecule has 2 bridgehead atoms. The summed E-state index contributed by atoms with van der Waals surface area (Å²) >= 11 is 1.61. The van der Waals surface area contributed by atoms with E-state index >= 15 is 0 Å². The van der Waals surface area contributed by atoms with E-state index in [0.29, 0.717) is 18.6 Å². The minimum atomic E-state index is -0.0439. The Bertz CT molecular complexity index is 960. The molecule has 2 aliphatic rings. The Balaban J connectivity index is 1.27. The van der Waals surface area contributed by atoms with Crippen molar-refractivity contribution in [2.45, 2.75) is 32.1 Å². The quantitative estimate of drug-likeness (QED) is 0.734. The van der Waals surface area contributed by atoms with Gasteiger partial charge in [-0.1, -0.05) is 18.6 Å². The van der Waals surface area contributed by atoms with Gasteiger partial charge < -0.3 is 5.32 Å². The monoisotopic (exact) mass is 379 g/mol. The normalized spacial score (nSPS) is 24.9. The average molecular weight is 379 g/mol. The number of anilines is 1. The van der Waals surface area contributed by atoms with Crippen LogP contribution in [0.25, 0.3) is 16.2 Å². The van der Waals surface area contributed by atoms with Crippen molar-refractivity contribution in [3.05, 3.63) is 42.0 Å². The fraction of sp³-hybridized carbons (Fsp3) is 0.381. The van der Waals surface area contributed by atoms with E-state index in [-0.39, 0.29) is 23.7 Å². The lowest BCUT2D eigenvalue weighted by Gasteiger charge is -2.36. The van der Waals surface area contributed by atoms with Crippen LogP contribution >= 0.6 is 11.3 Å². The molecule has 2 aliphatic carbocycles. The molecular weight excluding hydrogens is 358 g/mol. The predicted molar refractivity (Wildman–Crippen MR) is 106 cm³/mol. The highest BCUT2D eigenvalue weighted by molar-refractivity contribution is 7.15. The zero-order valence-electron chi connectivity index (χ0n) is 14.9. The second-order valence-electron chi connectivity index (χ2n) is 7.68. The molecule has 3 aromatic rings. The fourth-order valence-electron chi connectivity index (χ4n) is 4.53. The summed E-state index contributed by atoms with van der Waals surface area (Å²) in [5, 5.41) is 5.05. The first-order valence-corrected chi connectivity index (χ1v) is 10.4. The van der Waals surface area contributed by atoms with Crippen LogP contribution in [0.3, 0.4) is 0 Å². The van der Waals surface area contributed by atoms with Crippen molar-refractivity contribution in [2.75, 3.05) is 5.32 Å². The number of carbonyl (C=O) groups is 2. The van der Waals surface area contributed by atoms with Crippen LogP contribution in [0.5, 0.6) is 0 Å². The van der Waals surface area contributed by atoms with Crippen molar-refractivity contribution in [3.8, 4) is 11.3 Å². The summed E-state index contributed by atoms with van der Waals surface area (Å²) in [6.45, 7) is 0. The van der Waals surface area contributed by atoms with E-state index in [9.17, 15) is 9.59 Å². The Labute approximate surface area is 161 Å². The van der Waals surface area contributed by atoms with Crippen LogP contribution < -0.4 is 5.32 Å². The zero-order valence-corrected chi connectivity index (χ0v) is 15.7. The van der Waals surface area contributed by atoms with Crippen molar-refractivity contribution >= 4 is 33.7 Å². The van der Waals surface area contributed by atoms with E-state index in [2.05, 4.69) is 10.3 Å². The third kappa shape index (κ3) is 3.08. The van der Waals surface area contributed by atoms with Crippen LogP contribution in [-0.2, 0) is 9.59 Å². The summed E-state index contributed by atoms with van der Waals surface area (Å²) in [7, 11) is 0. The standard InChI is InChI=1S/C21H21N3O2S/c25-19-14-2-1-3-15(19)11-16(10-14)20(26)22-17-6-4-13(5-7-17)18-12-24-8-9-27-21(24)23-18/h4-9,12,14-16H,1-3,10-11H2,(H,22,26)/t14-,15-/m0/s1. The number of hydrogen-bond acceptors (Lipinski definition) is 4. The average Bonchev–Trinajstić information content (AvgIpc) is 3.24. The summed E-state index contributed by atoms with van der Waals surface area (Å²) in [5.74, 6) is 0.609. The van der Waals surface area contributed by atoms with Crippen LogP contribution in [0.15, 0.2) is 42.0 Å². The van der Waals surface area contributed by atoms with Crippen LogP contribution in [-0.4, -0.2) is 21.1 Å². The number of aromatic nitrogens is 2. The molecule has 1 N–H and O–H groups in total. The zero-order chi connectivity index (χ0) is 18.4. The summed E-state index contributed by atoms with van der Waals surface area (Å²) in [6.07, 6.45) is 8.47. The molecule has 2 atom stereocenters. The van der Waals surface area contributed by atoms with Gasteiger partial charge in [0, 0.05) is 46.8 Å². The molecule has 2 aromatic heterocycles. The molecule has 1 aromatic carbocycles. The first-order chi connectivity index (χ1) is 13.2. The van der Waals surface area contributed by atoms with Crippen molar-refractivity contribution in [1.29, 1.82) is 0 Å². The third-order valence-electron chi connectivity index (χ3n) is 5.96. The smallest absolute Gasteiger partial charge is 0.227 e. The molecule has 0 radical (unpaired) electrons. The van der Waals surface area contributed by atoms with Gasteiger partial charge in [0.1, 0.15) is 5.78 Å². The molecule has 5 nitrogen and oxygen atoms in total. The first-order valence-electron chi connectivity index (χ1n) is 9.54. The maximum Gasteiger partial charge on any atom is 0.227 e. The maximum absolute atomic E-state index is 12.7. The highest BCUT2D eigenvalue weighted by atomic mass is 32.1. The molecule has 2 fully saturated rings. The number of nitrogens with one attached hydrogen (secondary N) is 1. The number of imidazole rings is 1. The van der Waals surface area contributed by atoms with Crippen molar-refractivity contribution in [1.82, 2.24) is 9.38 Å². The maximum atomic E-state index is 12.7. The Morgan fingerprint density at radius 1 is 1.15 bits per heavy atom. The summed E-state index contributed by atoms with van der Waals surface area (Å²) in [4.78, 5) is 30.5. The Morgan fingerprint density at radius 2 is 1.89 bits per heavy atom. The van der Waals surface area contributed by atoms with Gasteiger partial charge in [0.05, 0.1) is 5.69 Å². The lowest BCUT2D eigenvalue weighted by atomic mass is 9.67. The predicted octanol–water partition coefficient (Wildman–Crippen LogP) is 4.40. The number of rotatable bonds is 3. The summed E-state index contributed by atoms with van der Waals surface area (Å²) in [5.41, 5.74) is 2.76. The molecule has 2 saturated carbocycles.